The van der Waals surface area contributed by atoms with Gasteiger partial charge in [-0.05, 0) is 120 Å². The fraction of sp³-hybridized carbons (Fsp3) is 0.200. The maximum Gasteiger partial charge on any atom is -0.00196 e. The van der Waals surface area contributed by atoms with Crippen LogP contribution in [0.15, 0.2) is 164 Å². The first-order chi connectivity index (χ1) is 24.4. The van der Waals surface area contributed by atoms with Crippen molar-refractivity contribution in [2.45, 2.75) is 66.7 Å². The van der Waals surface area contributed by atoms with Crippen LogP contribution in [-0.4, -0.2) is 0 Å². The van der Waals surface area contributed by atoms with Gasteiger partial charge in [-0.2, -0.15) is 0 Å². The van der Waals surface area contributed by atoms with E-state index in [0.29, 0.717) is 0 Å². The molecule has 0 spiro atoms. The Kier molecular flexibility index (Phi) is 17.0. The van der Waals surface area contributed by atoms with Crippen LogP contribution in [0.4, 0.5) is 0 Å². The van der Waals surface area contributed by atoms with E-state index < -0.39 is 0 Å². The number of rotatable bonds is 10. The van der Waals surface area contributed by atoms with Crippen molar-refractivity contribution < 1.29 is 0 Å². The molecule has 0 heterocycles. The van der Waals surface area contributed by atoms with Crippen molar-refractivity contribution >= 4 is 23.8 Å². The first kappa shape index (κ1) is 39.2. The summed E-state index contributed by atoms with van der Waals surface area (Å²) < 4.78 is 0. The lowest BCUT2D eigenvalue weighted by molar-refractivity contribution is 0.992. The molecule has 0 fully saturated rings. The van der Waals surface area contributed by atoms with Gasteiger partial charge in [0.15, 0.2) is 0 Å². The maximum atomic E-state index is 3.86. The Labute approximate surface area is 303 Å². The van der Waals surface area contributed by atoms with Crippen LogP contribution in [0.25, 0.3) is 23.8 Å². The molecule has 1 aliphatic carbocycles. The Morgan fingerprint density at radius 1 is 0.800 bits per heavy atom. The van der Waals surface area contributed by atoms with Crippen molar-refractivity contribution in [2.24, 2.45) is 0 Å². The predicted octanol–water partition coefficient (Wildman–Crippen LogP) is 12.6. The van der Waals surface area contributed by atoms with Gasteiger partial charge in [0, 0.05) is 0 Å². The van der Waals surface area contributed by atoms with Crippen molar-refractivity contribution in [1.29, 1.82) is 0 Å². The van der Waals surface area contributed by atoms with Crippen LogP contribution in [0, 0.1) is 20.8 Å². The monoisotopic (exact) mass is 656 g/mol. The third-order valence-electron chi connectivity index (χ3n) is 8.74. The van der Waals surface area contributed by atoms with Crippen LogP contribution < -0.4 is 10.4 Å². The van der Waals surface area contributed by atoms with Crippen LogP contribution in [0.5, 0.6) is 0 Å². The third kappa shape index (κ3) is 12.0. The van der Waals surface area contributed by atoms with Crippen molar-refractivity contribution in [3.8, 4) is 0 Å². The van der Waals surface area contributed by atoms with Crippen molar-refractivity contribution in [3.63, 3.8) is 0 Å². The summed E-state index contributed by atoms with van der Waals surface area (Å²) in [5, 5.41) is 2.32. The van der Waals surface area contributed by atoms with Gasteiger partial charge in [0.1, 0.15) is 0 Å². The molecule has 256 valence electrons. The highest BCUT2D eigenvalue weighted by molar-refractivity contribution is 5.84. The van der Waals surface area contributed by atoms with E-state index in [0.717, 1.165) is 37.3 Å². The molecule has 0 saturated heterocycles. The molecule has 0 nitrogen and oxygen atoms in total. The second kappa shape index (κ2) is 21.7. The Bertz CT molecular complexity index is 1930. The van der Waals surface area contributed by atoms with Crippen LogP contribution in [0.3, 0.4) is 0 Å². The van der Waals surface area contributed by atoms with Crippen LogP contribution in [-0.2, 0) is 6.42 Å². The normalized spacial score (nSPS) is 13.5. The number of hydrogen-bond acceptors (Lipinski definition) is 0. The van der Waals surface area contributed by atoms with E-state index in [9.17, 15) is 0 Å². The topological polar surface area (TPSA) is 0 Å². The summed E-state index contributed by atoms with van der Waals surface area (Å²) in [5.41, 5.74) is 13.6. The molecular weight excluding hydrogens is 601 g/mol. The Morgan fingerprint density at radius 3 is 2.16 bits per heavy atom. The maximum absolute atomic E-state index is 3.86. The average molecular weight is 657 g/mol. The summed E-state index contributed by atoms with van der Waals surface area (Å²) in [5.74, 6) is 0. The number of benzene rings is 4. The van der Waals surface area contributed by atoms with Crippen molar-refractivity contribution in [2.75, 3.05) is 0 Å². The van der Waals surface area contributed by atoms with E-state index >= 15 is 0 Å². The van der Waals surface area contributed by atoms with Crippen molar-refractivity contribution in [1.82, 2.24) is 0 Å². The molecule has 5 rings (SSSR count). The smallest absolute Gasteiger partial charge is 0.00196 e. The molecule has 0 heteroatoms. The van der Waals surface area contributed by atoms with Gasteiger partial charge in [0.05, 0.1) is 0 Å². The molecule has 0 bridgehead atoms. The first-order valence-corrected chi connectivity index (χ1v) is 17.9. The molecule has 0 atom stereocenters. The van der Waals surface area contributed by atoms with E-state index in [2.05, 4.69) is 181 Å². The SMILES string of the molecule is C=C.C=c1cccc/c1=C/C.CC\C=C/C=C\C=C(\C/C=C(/C1=CC=CCC1)c1cc(C)ccc1Cc1ccccc1)c1c(C)cccc1C. The Hall–Kier alpha value is -5.20. The number of aryl methyl sites for hydroxylation is 3. The van der Waals surface area contributed by atoms with Gasteiger partial charge in [-0.3, -0.25) is 0 Å². The van der Waals surface area contributed by atoms with Gasteiger partial charge in [0.2, 0.25) is 0 Å². The molecular formula is C50H56. The molecule has 4 aromatic rings. The third-order valence-corrected chi connectivity index (χ3v) is 8.74. The molecule has 50 heavy (non-hydrogen) atoms. The molecule has 0 saturated carbocycles. The summed E-state index contributed by atoms with van der Waals surface area (Å²) in [6.07, 6.45) is 27.4. The fourth-order valence-corrected chi connectivity index (χ4v) is 6.20. The van der Waals surface area contributed by atoms with Gasteiger partial charge in [-0.15, -0.1) is 13.2 Å². The zero-order valence-corrected chi connectivity index (χ0v) is 31.1. The van der Waals surface area contributed by atoms with Gasteiger partial charge in [0.25, 0.3) is 0 Å². The minimum atomic E-state index is 0.878. The van der Waals surface area contributed by atoms with Crippen LogP contribution in [0.1, 0.15) is 78.5 Å². The number of hydrogen-bond donors (Lipinski definition) is 0. The molecule has 0 unspecified atom stereocenters. The summed E-state index contributed by atoms with van der Waals surface area (Å²) in [6, 6.07) is 32.5. The molecule has 0 aliphatic heterocycles. The Balaban J connectivity index is 0.000000528. The van der Waals surface area contributed by atoms with Gasteiger partial charge in [-0.1, -0.05) is 171 Å². The van der Waals surface area contributed by atoms with E-state index in [1.807, 2.05) is 25.1 Å². The van der Waals surface area contributed by atoms with Crippen molar-refractivity contribution in [3.05, 3.63) is 214 Å². The summed E-state index contributed by atoms with van der Waals surface area (Å²) >= 11 is 0. The molecule has 0 N–H and O–H groups in total. The Morgan fingerprint density at radius 2 is 1.52 bits per heavy atom. The van der Waals surface area contributed by atoms with Gasteiger partial charge >= 0.3 is 0 Å². The van der Waals surface area contributed by atoms with E-state index in [1.165, 1.54) is 60.9 Å². The average Bonchev–Trinajstić information content (AvgIpc) is 3.14. The standard InChI is InChI=1S/C39H42.C9H10.C2H4/c1-5-6-7-8-13-23-35(39-31(3)17-16-18-32(39)4)26-27-37(34-21-14-10-15-22-34)38-28-30(2)24-25-36(38)29-33-19-11-9-12-20-33;1-3-9-7-5-4-6-8(9)2;1-2/h6-14,16-21,23-25,27-28H,5,15,22,26,29H2,1-4H3;3-7H,2H2,1H3;1-2H2/b7-6-,13-8-,35-23-,37-27-;9-3-;. The largest absolute Gasteiger partial charge is 0.106 e. The first-order valence-electron chi connectivity index (χ1n) is 17.9. The summed E-state index contributed by atoms with van der Waals surface area (Å²) in [7, 11) is 0. The molecule has 0 radical (unpaired) electrons. The van der Waals surface area contributed by atoms with Crippen LogP contribution >= 0.6 is 0 Å². The van der Waals surface area contributed by atoms with Gasteiger partial charge < -0.3 is 0 Å². The quantitative estimate of drug-likeness (QED) is 0.118. The second-order valence-electron chi connectivity index (χ2n) is 12.5. The highest BCUT2D eigenvalue weighted by atomic mass is 14.2. The van der Waals surface area contributed by atoms with Gasteiger partial charge in [-0.25, -0.2) is 0 Å². The highest BCUT2D eigenvalue weighted by Gasteiger charge is 2.15. The second-order valence-corrected chi connectivity index (χ2v) is 12.5. The summed E-state index contributed by atoms with van der Waals surface area (Å²) in [4.78, 5) is 0. The minimum absolute atomic E-state index is 0.878. The van der Waals surface area contributed by atoms with E-state index in [4.69, 9.17) is 0 Å². The lowest BCUT2D eigenvalue weighted by atomic mass is 9.85. The van der Waals surface area contributed by atoms with E-state index in [1.54, 1.807) is 0 Å². The summed E-state index contributed by atoms with van der Waals surface area (Å²) in [6.45, 7) is 20.7. The zero-order valence-electron chi connectivity index (χ0n) is 31.1. The molecule has 0 aromatic heterocycles. The molecule has 0 amide bonds. The highest BCUT2D eigenvalue weighted by Crippen LogP contribution is 2.35. The zero-order chi connectivity index (χ0) is 36.1. The molecule has 1 aliphatic rings. The lowest BCUT2D eigenvalue weighted by Gasteiger charge is -2.20. The predicted molar refractivity (Wildman–Crippen MR) is 225 cm³/mol. The van der Waals surface area contributed by atoms with E-state index in [-0.39, 0.29) is 0 Å². The molecule has 4 aromatic carbocycles. The fourth-order valence-electron chi connectivity index (χ4n) is 6.20. The lowest BCUT2D eigenvalue weighted by Crippen LogP contribution is -2.20. The van der Waals surface area contributed by atoms with Crippen LogP contribution in [0.2, 0.25) is 0 Å². The minimum Gasteiger partial charge on any atom is -0.106 e. The number of allylic oxidation sites excluding steroid dienone is 12.